The van der Waals surface area contributed by atoms with E-state index in [1.54, 1.807) is 0 Å². The fraction of sp³-hybridized carbons (Fsp3) is 0.364. The first-order valence-electron chi connectivity index (χ1n) is 6.08. The second kappa shape index (κ2) is 4.46. The molecule has 1 aromatic rings. The van der Waals surface area contributed by atoms with E-state index in [0.717, 1.165) is 22.8 Å². The fourth-order valence-corrected chi connectivity index (χ4v) is 3.95. The molecular weight excluding hydrogens is 303 g/mol. The molecule has 3 rings (SSSR count). The van der Waals surface area contributed by atoms with Crippen molar-refractivity contribution in [2.24, 2.45) is 0 Å². The molecule has 112 valence electrons. The minimum Gasteiger partial charge on any atom is -0.322 e. The molecule has 1 spiro atoms. The molecule has 0 aliphatic carbocycles. The Morgan fingerprint density at radius 2 is 2.10 bits per heavy atom. The van der Waals surface area contributed by atoms with Crippen LogP contribution in [0.25, 0.3) is 0 Å². The molecule has 3 heterocycles. The minimum atomic E-state index is -3.97. The first-order valence-corrected chi connectivity index (χ1v) is 7.52. The Morgan fingerprint density at radius 1 is 1.33 bits per heavy atom. The van der Waals surface area contributed by atoms with Gasteiger partial charge in [0, 0.05) is 19.3 Å². The molecule has 0 saturated carbocycles. The number of nitrogens with one attached hydrogen (secondary N) is 2. The number of hydrogen-bond donors (Lipinski definition) is 2. The largest absolute Gasteiger partial charge is 0.322 e. The summed E-state index contributed by atoms with van der Waals surface area (Å²) >= 11 is 0. The lowest BCUT2D eigenvalue weighted by atomic mass is 10.00. The summed E-state index contributed by atoms with van der Waals surface area (Å²) < 4.78 is 38.9. The normalized spacial score (nSPS) is 26.1. The van der Waals surface area contributed by atoms with Crippen LogP contribution >= 0.6 is 0 Å². The quantitative estimate of drug-likeness (QED) is 0.694. The van der Waals surface area contributed by atoms with Crippen LogP contribution in [0.2, 0.25) is 0 Å². The van der Waals surface area contributed by atoms with Crippen molar-refractivity contribution >= 4 is 22.0 Å². The van der Waals surface area contributed by atoms with Crippen molar-refractivity contribution < 1.29 is 22.4 Å². The molecule has 2 aliphatic heterocycles. The highest BCUT2D eigenvalue weighted by molar-refractivity contribution is 7.89. The van der Waals surface area contributed by atoms with Gasteiger partial charge in [0.2, 0.25) is 10.0 Å². The lowest BCUT2D eigenvalue weighted by Crippen LogP contribution is -2.49. The number of nitrogens with zero attached hydrogens (tertiary/aromatic N) is 2. The molecular formula is C11H11FN4O4S. The smallest absolute Gasteiger partial charge is 0.322 e. The first kappa shape index (κ1) is 13.9. The van der Waals surface area contributed by atoms with E-state index >= 15 is 0 Å². The zero-order valence-corrected chi connectivity index (χ0v) is 11.5. The van der Waals surface area contributed by atoms with E-state index in [1.165, 1.54) is 0 Å². The van der Waals surface area contributed by atoms with Gasteiger partial charge in [0.15, 0.2) is 0 Å². The zero-order chi connectivity index (χ0) is 15.3. The topological polar surface area (TPSA) is 108 Å². The van der Waals surface area contributed by atoms with Crippen LogP contribution in [0.1, 0.15) is 6.42 Å². The lowest BCUT2D eigenvalue weighted by molar-refractivity contribution is -0.123. The Kier molecular flexibility index (Phi) is 2.95. The molecule has 21 heavy (non-hydrogen) atoms. The molecule has 2 N–H and O–H groups in total. The first-order chi connectivity index (χ1) is 9.83. The molecule has 1 atom stereocenters. The van der Waals surface area contributed by atoms with Gasteiger partial charge in [-0.05, 0) is 12.5 Å². The van der Waals surface area contributed by atoms with Crippen LogP contribution in [-0.4, -0.2) is 48.3 Å². The van der Waals surface area contributed by atoms with Crippen molar-refractivity contribution in [2.45, 2.75) is 16.9 Å². The number of pyridine rings is 1. The summed E-state index contributed by atoms with van der Waals surface area (Å²) in [5.41, 5.74) is -1.25. The van der Waals surface area contributed by atoms with E-state index < -0.39 is 33.3 Å². The van der Waals surface area contributed by atoms with Crippen LogP contribution in [-0.2, 0) is 14.8 Å². The van der Waals surface area contributed by atoms with Crippen LogP contribution in [0.4, 0.5) is 9.18 Å². The third-order valence-electron chi connectivity index (χ3n) is 3.57. The molecule has 8 nitrogen and oxygen atoms in total. The summed E-state index contributed by atoms with van der Waals surface area (Å²) in [5.74, 6) is -1.32. The van der Waals surface area contributed by atoms with Gasteiger partial charge in [-0.3, -0.25) is 15.1 Å². The van der Waals surface area contributed by atoms with Gasteiger partial charge in [-0.1, -0.05) is 0 Å². The summed E-state index contributed by atoms with van der Waals surface area (Å²) in [5, 5.41) is 4.54. The Bertz CT molecular complexity index is 737. The number of rotatable bonds is 2. The van der Waals surface area contributed by atoms with Gasteiger partial charge in [-0.25, -0.2) is 17.6 Å². The average Bonchev–Trinajstić information content (AvgIpc) is 2.95. The van der Waals surface area contributed by atoms with Crippen molar-refractivity contribution in [1.82, 2.24) is 19.9 Å². The third kappa shape index (κ3) is 2.16. The number of carbonyl (C=O) groups is 2. The van der Waals surface area contributed by atoms with E-state index in [0.29, 0.717) is 0 Å². The maximum Gasteiger partial charge on any atom is 0.322 e. The number of aromatic nitrogens is 1. The number of imide groups is 1. The Morgan fingerprint density at radius 3 is 2.71 bits per heavy atom. The second-order valence-electron chi connectivity index (χ2n) is 4.92. The molecule has 0 radical (unpaired) electrons. The Hall–Kier alpha value is -2.07. The minimum absolute atomic E-state index is 0.0482. The van der Waals surface area contributed by atoms with Crippen molar-refractivity contribution in [3.05, 3.63) is 24.3 Å². The monoisotopic (exact) mass is 314 g/mol. The SMILES string of the molecule is O=C1NC(=O)C2(CCN(S(=O)(=O)c3cncc(F)c3)C2)N1. The molecule has 2 fully saturated rings. The molecule has 1 aromatic heterocycles. The average molecular weight is 314 g/mol. The van der Waals surface area contributed by atoms with E-state index in [4.69, 9.17) is 0 Å². The van der Waals surface area contributed by atoms with E-state index in [9.17, 15) is 22.4 Å². The maximum absolute atomic E-state index is 13.1. The molecule has 1 unspecified atom stereocenters. The van der Waals surface area contributed by atoms with Crippen molar-refractivity contribution in [2.75, 3.05) is 13.1 Å². The second-order valence-corrected chi connectivity index (χ2v) is 6.86. The van der Waals surface area contributed by atoms with Gasteiger partial charge < -0.3 is 5.32 Å². The number of hydrogen-bond acceptors (Lipinski definition) is 5. The highest BCUT2D eigenvalue weighted by atomic mass is 32.2. The maximum atomic E-state index is 13.1. The summed E-state index contributed by atoms with van der Waals surface area (Å²) in [6.07, 6.45) is 2.10. The number of carbonyl (C=O) groups excluding carboxylic acids is 2. The molecule has 0 bridgehead atoms. The molecule has 0 aromatic carbocycles. The van der Waals surface area contributed by atoms with Gasteiger partial charge in [-0.2, -0.15) is 4.31 Å². The predicted octanol–water partition coefficient (Wildman–Crippen LogP) is -0.807. The number of sulfonamides is 1. The van der Waals surface area contributed by atoms with Gasteiger partial charge >= 0.3 is 6.03 Å². The van der Waals surface area contributed by atoms with Crippen LogP contribution in [0.5, 0.6) is 0 Å². The highest BCUT2D eigenvalue weighted by Crippen LogP contribution is 2.29. The van der Waals surface area contributed by atoms with Crippen LogP contribution in [0, 0.1) is 5.82 Å². The van der Waals surface area contributed by atoms with E-state index in [1.807, 2.05) is 0 Å². The summed E-state index contributed by atoms with van der Waals surface area (Å²) in [6.45, 7) is -0.143. The molecule has 10 heteroatoms. The number of amides is 3. The van der Waals surface area contributed by atoms with E-state index in [-0.39, 0.29) is 24.4 Å². The predicted molar refractivity (Wildman–Crippen MR) is 67.0 cm³/mol. The summed E-state index contributed by atoms with van der Waals surface area (Å²) in [6, 6.07) is 0.215. The fourth-order valence-electron chi connectivity index (χ4n) is 2.48. The van der Waals surface area contributed by atoms with Crippen molar-refractivity contribution in [3.8, 4) is 0 Å². The Balaban J connectivity index is 1.89. The van der Waals surface area contributed by atoms with Gasteiger partial charge in [0.1, 0.15) is 16.3 Å². The van der Waals surface area contributed by atoms with Crippen LogP contribution < -0.4 is 10.6 Å². The number of halogens is 1. The highest BCUT2D eigenvalue weighted by Gasteiger charge is 2.53. The number of urea groups is 1. The molecule has 2 aliphatic rings. The van der Waals surface area contributed by atoms with Gasteiger partial charge in [-0.15, -0.1) is 0 Å². The molecule has 2 saturated heterocycles. The Labute approximate surface area is 119 Å². The van der Waals surface area contributed by atoms with Gasteiger partial charge in [0.05, 0.1) is 6.20 Å². The van der Waals surface area contributed by atoms with E-state index in [2.05, 4.69) is 15.6 Å². The lowest BCUT2D eigenvalue weighted by Gasteiger charge is -2.20. The van der Waals surface area contributed by atoms with Crippen molar-refractivity contribution in [1.29, 1.82) is 0 Å². The van der Waals surface area contributed by atoms with Crippen molar-refractivity contribution in [3.63, 3.8) is 0 Å². The van der Waals surface area contributed by atoms with Crippen LogP contribution in [0.3, 0.4) is 0 Å². The van der Waals surface area contributed by atoms with Gasteiger partial charge in [0.25, 0.3) is 5.91 Å². The zero-order valence-electron chi connectivity index (χ0n) is 10.7. The molecule has 3 amide bonds. The van der Waals surface area contributed by atoms with Crippen LogP contribution in [0.15, 0.2) is 23.4 Å². The standard InChI is InChI=1S/C11H11FN4O4S/c12-7-3-8(5-13-4-7)21(19,20)16-2-1-11(6-16)9(17)14-10(18)15-11/h3-5H,1-2,6H2,(H2,14,15,17,18). The summed E-state index contributed by atoms with van der Waals surface area (Å²) in [7, 11) is -3.97. The summed E-state index contributed by atoms with van der Waals surface area (Å²) in [4.78, 5) is 26.2. The third-order valence-corrected chi connectivity index (χ3v) is 5.38.